The fourth-order valence-corrected chi connectivity index (χ4v) is 3.06. The van der Waals surface area contributed by atoms with E-state index in [1.54, 1.807) is 31.2 Å². The van der Waals surface area contributed by atoms with Crippen LogP contribution in [0.4, 0.5) is 0 Å². The summed E-state index contributed by atoms with van der Waals surface area (Å²) in [6.45, 7) is 1.71. The van der Waals surface area contributed by atoms with Crippen molar-refractivity contribution in [3.63, 3.8) is 0 Å². The lowest BCUT2D eigenvalue weighted by Gasteiger charge is -2.13. The Labute approximate surface area is 186 Å². The fraction of sp³-hybridized carbons (Fsp3) is 0.182. The third-order valence-electron chi connectivity index (χ3n) is 4.11. The molecule has 0 bridgehead atoms. The van der Waals surface area contributed by atoms with Crippen LogP contribution in [-0.4, -0.2) is 34.9 Å². The average molecular weight is 486 g/mol. The number of carbonyl (C=O) groups excluding carboxylic acids is 2. The Kier molecular flexibility index (Phi) is 7.55. The molecule has 3 rings (SSSR count). The summed E-state index contributed by atoms with van der Waals surface area (Å²) in [5.41, 5.74) is 0.668. The fourth-order valence-electron chi connectivity index (χ4n) is 2.67. The summed E-state index contributed by atoms with van der Waals surface area (Å²) < 4.78 is 12.3. The Hall–Kier alpha value is -3.46. The number of nitrogens with one attached hydrogen (secondary N) is 1. The SMILES string of the molecule is CCOC(=O)c1nn(-c2cccc(Br)c2)c(=O)cc1OCC(=O)NCc1ccccc1. The van der Waals surface area contributed by atoms with Crippen LogP contribution >= 0.6 is 15.9 Å². The second-order valence-electron chi connectivity index (χ2n) is 6.36. The number of hydrogen-bond acceptors (Lipinski definition) is 6. The molecule has 9 heteroatoms. The number of nitrogens with zero attached hydrogens (tertiary/aromatic N) is 2. The first-order chi connectivity index (χ1) is 15.0. The van der Waals surface area contributed by atoms with Crippen molar-refractivity contribution in [2.45, 2.75) is 13.5 Å². The van der Waals surface area contributed by atoms with E-state index in [9.17, 15) is 14.4 Å². The van der Waals surface area contributed by atoms with E-state index in [-0.39, 0.29) is 24.7 Å². The van der Waals surface area contributed by atoms with Gasteiger partial charge in [-0.15, -0.1) is 0 Å². The van der Waals surface area contributed by atoms with E-state index in [0.29, 0.717) is 12.2 Å². The smallest absolute Gasteiger partial charge is 0.362 e. The van der Waals surface area contributed by atoms with Gasteiger partial charge in [-0.2, -0.15) is 9.78 Å². The molecule has 0 saturated heterocycles. The maximum Gasteiger partial charge on any atom is 0.362 e. The summed E-state index contributed by atoms with van der Waals surface area (Å²) in [4.78, 5) is 37.1. The van der Waals surface area contributed by atoms with Crippen LogP contribution in [0.1, 0.15) is 23.0 Å². The van der Waals surface area contributed by atoms with E-state index in [1.807, 2.05) is 30.3 Å². The summed E-state index contributed by atoms with van der Waals surface area (Å²) >= 11 is 3.34. The van der Waals surface area contributed by atoms with Crippen molar-refractivity contribution in [1.29, 1.82) is 0 Å². The van der Waals surface area contributed by atoms with E-state index < -0.39 is 17.4 Å². The molecule has 8 nitrogen and oxygen atoms in total. The van der Waals surface area contributed by atoms with Crippen LogP contribution in [0.15, 0.2) is 69.9 Å². The summed E-state index contributed by atoms with van der Waals surface area (Å²) in [6.07, 6.45) is 0. The molecule has 0 radical (unpaired) electrons. The number of esters is 1. The van der Waals surface area contributed by atoms with Crippen molar-refractivity contribution in [3.8, 4) is 11.4 Å². The third kappa shape index (κ3) is 6.02. The Bertz CT molecular complexity index is 1130. The first kappa shape index (κ1) is 22.2. The molecule has 1 N–H and O–H groups in total. The van der Waals surface area contributed by atoms with Gasteiger partial charge in [0.2, 0.25) is 5.69 Å². The number of hydrogen-bond donors (Lipinski definition) is 1. The highest BCUT2D eigenvalue weighted by Crippen LogP contribution is 2.18. The van der Waals surface area contributed by atoms with E-state index >= 15 is 0 Å². The lowest BCUT2D eigenvalue weighted by atomic mass is 10.2. The molecule has 0 unspecified atom stereocenters. The second kappa shape index (κ2) is 10.5. The van der Waals surface area contributed by atoms with Crippen LogP contribution in [-0.2, 0) is 16.1 Å². The predicted molar refractivity (Wildman–Crippen MR) is 117 cm³/mol. The van der Waals surface area contributed by atoms with E-state index in [1.165, 1.54) is 0 Å². The van der Waals surface area contributed by atoms with Crippen LogP contribution in [0.2, 0.25) is 0 Å². The number of rotatable bonds is 8. The topological polar surface area (TPSA) is 99.5 Å². The van der Waals surface area contributed by atoms with Crippen LogP contribution in [0, 0.1) is 0 Å². The molecule has 0 aliphatic heterocycles. The molecular weight excluding hydrogens is 466 g/mol. The third-order valence-corrected chi connectivity index (χ3v) is 4.60. The van der Waals surface area contributed by atoms with Crippen molar-refractivity contribution < 1.29 is 19.1 Å². The average Bonchev–Trinajstić information content (AvgIpc) is 2.77. The van der Waals surface area contributed by atoms with Gasteiger partial charge >= 0.3 is 5.97 Å². The van der Waals surface area contributed by atoms with Crippen molar-refractivity contribution in [1.82, 2.24) is 15.1 Å². The summed E-state index contributed by atoms with van der Waals surface area (Å²) in [6, 6.07) is 17.4. The van der Waals surface area contributed by atoms with E-state index in [0.717, 1.165) is 20.8 Å². The van der Waals surface area contributed by atoms with Gasteiger partial charge in [0, 0.05) is 11.0 Å². The molecule has 0 aliphatic rings. The normalized spacial score (nSPS) is 10.4. The molecule has 160 valence electrons. The van der Waals surface area contributed by atoms with Gasteiger partial charge in [0.15, 0.2) is 12.4 Å². The summed E-state index contributed by atoms with van der Waals surface area (Å²) in [7, 11) is 0. The van der Waals surface area contributed by atoms with Crippen molar-refractivity contribution in [2.75, 3.05) is 13.2 Å². The summed E-state index contributed by atoms with van der Waals surface area (Å²) in [5.74, 6) is -1.29. The van der Waals surface area contributed by atoms with Gasteiger partial charge < -0.3 is 14.8 Å². The molecule has 2 aromatic carbocycles. The number of amides is 1. The van der Waals surface area contributed by atoms with E-state index in [4.69, 9.17) is 9.47 Å². The van der Waals surface area contributed by atoms with Gasteiger partial charge in [-0.3, -0.25) is 9.59 Å². The molecule has 3 aromatic rings. The van der Waals surface area contributed by atoms with Gasteiger partial charge in [0.25, 0.3) is 11.5 Å². The first-order valence-corrected chi connectivity index (χ1v) is 10.3. The molecular formula is C22H20BrN3O5. The van der Waals surface area contributed by atoms with Crippen molar-refractivity contribution in [3.05, 3.63) is 86.7 Å². The Morgan fingerprint density at radius 1 is 1.10 bits per heavy atom. The molecule has 1 amide bonds. The number of ether oxygens (including phenoxy) is 2. The minimum atomic E-state index is -0.758. The number of carbonyl (C=O) groups is 2. The minimum absolute atomic E-state index is 0.119. The van der Waals surface area contributed by atoms with Gasteiger partial charge in [0.05, 0.1) is 18.4 Å². The van der Waals surface area contributed by atoms with Crippen LogP contribution < -0.4 is 15.6 Å². The maximum absolute atomic E-state index is 12.6. The number of halogens is 1. The Morgan fingerprint density at radius 3 is 2.58 bits per heavy atom. The molecule has 1 heterocycles. The van der Waals surface area contributed by atoms with Crippen LogP contribution in [0.25, 0.3) is 5.69 Å². The van der Waals surface area contributed by atoms with Crippen molar-refractivity contribution >= 4 is 27.8 Å². The zero-order chi connectivity index (χ0) is 22.2. The first-order valence-electron chi connectivity index (χ1n) is 9.48. The monoisotopic (exact) mass is 485 g/mol. The molecule has 31 heavy (non-hydrogen) atoms. The van der Waals surface area contributed by atoms with Gasteiger partial charge in [0.1, 0.15) is 0 Å². The predicted octanol–water partition coefficient (Wildman–Crippen LogP) is 2.87. The van der Waals surface area contributed by atoms with Crippen LogP contribution in [0.5, 0.6) is 5.75 Å². The zero-order valence-electron chi connectivity index (χ0n) is 16.7. The van der Waals surface area contributed by atoms with Gasteiger partial charge in [-0.05, 0) is 30.7 Å². The largest absolute Gasteiger partial charge is 0.481 e. The van der Waals surface area contributed by atoms with Crippen molar-refractivity contribution in [2.24, 2.45) is 0 Å². The second-order valence-corrected chi connectivity index (χ2v) is 7.27. The van der Waals surface area contributed by atoms with Gasteiger partial charge in [-0.1, -0.05) is 52.3 Å². The van der Waals surface area contributed by atoms with Gasteiger partial charge in [-0.25, -0.2) is 4.79 Å². The Balaban J connectivity index is 1.80. The highest BCUT2D eigenvalue weighted by atomic mass is 79.9. The highest BCUT2D eigenvalue weighted by Gasteiger charge is 2.20. The van der Waals surface area contributed by atoms with E-state index in [2.05, 4.69) is 26.3 Å². The Morgan fingerprint density at radius 2 is 1.87 bits per heavy atom. The number of aromatic nitrogens is 2. The molecule has 0 spiro atoms. The summed E-state index contributed by atoms with van der Waals surface area (Å²) in [5, 5.41) is 6.84. The number of benzene rings is 2. The molecule has 0 fully saturated rings. The van der Waals surface area contributed by atoms with Crippen LogP contribution in [0.3, 0.4) is 0 Å². The molecule has 0 atom stereocenters. The lowest BCUT2D eigenvalue weighted by molar-refractivity contribution is -0.123. The molecule has 1 aromatic heterocycles. The quantitative estimate of drug-likeness (QED) is 0.492. The molecule has 0 saturated carbocycles. The zero-order valence-corrected chi connectivity index (χ0v) is 18.3. The standard InChI is InChI=1S/C22H20BrN3O5/c1-2-30-22(29)21-18(31-14-19(27)24-13-15-7-4-3-5-8-15)12-20(28)26(25-21)17-10-6-9-16(23)11-17/h3-12H,2,13-14H2,1H3,(H,24,27). The lowest BCUT2D eigenvalue weighted by Crippen LogP contribution is -2.30. The maximum atomic E-state index is 12.6. The highest BCUT2D eigenvalue weighted by molar-refractivity contribution is 9.10. The molecule has 0 aliphatic carbocycles. The minimum Gasteiger partial charge on any atom is -0.481 e.